The van der Waals surface area contributed by atoms with Gasteiger partial charge in [0.2, 0.25) is 5.88 Å². The molecule has 2 atom stereocenters. The van der Waals surface area contributed by atoms with Crippen LogP contribution >= 0.6 is 11.3 Å². The van der Waals surface area contributed by atoms with Gasteiger partial charge in [0.1, 0.15) is 11.5 Å². The molecule has 0 aromatic carbocycles. The average Bonchev–Trinajstić information content (AvgIpc) is 3.40. The molecule has 7 nitrogen and oxygen atoms in total. The van der Waals surface area contributed by atoms with Crippen LogP contribution in [0.4, 0.5) is 5.88 Å². The number of hydrogen-bond donors (Lipinski definition) is 2. The fourth-order valence-corrected chi connectivity index (χ4v) is 5.97. The van der Waals surface area contributed by atoms with Crippen LogP contribution in [0.3, 0.4) is 0 Å². The third kappa shape index (κ3) is 5.55. The number of nitrogens with two attached hydrogens (primary N) is 1. The SMILES string of the molecule is C=C1CC(OC(=O)C2(c3cccs3)CCCCCC2)C1CC[NH2+]CC(=O)Nc1cc(C)no1. The number of nitrogens with one attached hydrogen (secondary N) is 1. The molecule has 2 fully saturated rings. The molecule has 2 aromatic rings. The molecule has 3 N–H and O–H groups in total. The van der Waals surface area contributed by atoms with Gasteiger partial charge in [0.25, 0.3) is 5.91 Å². The first-order chi connectivity index (χ1) is 16.0. The maximum atomic E-state index is 13.5. The Morgan fingerprint density at radius 2 is 2.12 bits per heavy atom. The first-order valence-corrected chi connectivity index (χ1v) is 12.8. The number of amides is 1. The Hall–Kier alpha value is -2.45. The van der Waals surface area contributed by atoms with E-state index in [2.05, 4.69) is 28.5 Å². The number of anilines is 1. The van der Waals surface area contributed by atoms with Crippen LogP contribution in [0.15, 0.2) is 40.3 Å². The minimum Gasteiger partial charge on any atom is -0.461 e. The van der Waals surface area contributed by atoms with E-state index < -0.39 is 5.41 Å². The predicted molar refractivity (Wildman–Crippen MR) is 127 cm³/mol. The maximum absolute atomic E-state index is 13.5. The van der Waals surface area contributed by atoms with Gasteiger partial charge in [0, 0.05) is 29.7 Å². The molecule has 2 aliphatic carbocycles. The van der Waals surface area contributed by atoms with E-state index >= 15 is 0 Å². The van der Waals surface area contributed by atoms with E-state index in [-0.39, 0.29) is 23.9 Å². The van der Waals surface area contributed by atoms with E-state index in [1.54, 1.807) is 24.3 Å². The Morgan fingerprint density at radius 1 is 1.33 bits per heavy atom. The molecule has 0 radical (unpaired) electrons. The maximum Gasteiger partial charge on any atom is 0.317 e. The summed E-state index contributed by atoms with van der Waals surface area (Å²) < 4.78 is 11.2. The number of hydrogen-bond acceptors (Lipinski definition) is 6. The molecule has 0 saturated heterocycles. The van der Waals surface area contributed by atoms with Gasteiger partial charge < -0.3 is 14.6 Å². The first-order valence-electron chi connectivity index (χ1n) is 12.0. The van der Waals surface area contributed by atoms with Crippen molar-refractivity contribution in [2.75, 3.05) is 18.4 Å². The molecule has 4 rings (SSSR count). The minimum atomic E-state index is -0.491. The molecule has 2 unspecified atom stereocenters. The fraction of sp³-hybridized carbons (Fsp3) is 0.560. The van der Waals surface area contributed by atoms with E-state index in [0.29, 0.717) is 12.4 Å². The zero-order valence-electron chi connectivity index (χ0n) is 19.3. The van der Waals surface area contributed by atoms with Crippen molar-refractivity contribution in [3.8, 4) is 0 Å². The molecule has 178 valence electrons. The van der Waals surface area contributed by atoms with Crippen LogP contribution in [0.5, 0.6) is 0 Å². The quantitative estimate of drug-likeness (QED) is 0.251. The van der Waals surface area contributed by atoms with Crippen LogP contribution in [0.2, 0.25) is 0 Å². The smallest absolute Gasteiger partial charge is 0.317 e. The number of ether oxygens (including phenoxy) is 1. The lowest BCUT2D eigenvalue weighted by atomic mass is 9.74. The van der Waals surface area contributed by atoms with Crippen LogP contribution in [0.1, 0.15) is 61.9 Å². The molecular formula is C25H34N3O4S+. The molecule has 1 amide bonds. The van der Waals surface area contributed by atoms with Gasteiger partial charge in [0.15, 0.2) is 6.54 Å². The first kappa shape index (κ1) is 23.7. The lowest BCUT2D eigenvalue weighted by Crippen LogP contribution is -2.86. The largest absolute Gasteiger partial charge is 0.461 e. The van der Waals surface area contributed by atoms with E-state index in [4.69, 9.17) is 9.26 Å². The summed E-state index contributed by atoms with van der Waals surface area (Å²) in [5.74, 6) is 0.340. The van der Waals surface area contributed by atoms with Crippen molar-refractivity contribution in [2.45, 2.75) is 69.8 Å². The Morgan fingerprint density at radius 3 is 2.76 bits per heavy atom. The number of carbonyl (C=O) groups excluding carboxylic acids is 2. The number of quaternary nitrogens is 1. The lowest BCUT2D eigenvalue weighted by molar-refractivity contribution is -0.644. The second kappa shape index (κ2) is 10.7. The standard InChI is InChI=1S/C25H33N3O4S/c1-17-14-20(19(17)9-12-26-16-22(29)27-23-15-18(2)28-32-23)31-24(30)25(21-8-7-13-33-21)10-5-3-4-6-11-25/h7-8,13,15,19-20,26H,1,3-6,9-12,14,16H2,2H3,(H,27,29)/p+1. The molecule has 0 aliphatic heterocycles. The van der Waals surface area contributed by atoms with Crippen LogP contribution in [-0.2, 0) is 19.7 Å². The van der Waals surface area contributed by atoms with Gasteiger partial charge in [0.05, 0.1) is 12.2 Å². The molecular weight excluding hydrogens is 438 g/mol. The summed E-state index contributed by atoms with van der Waals surface area (Å²) in [6.07, 6.45) is 7.71. The molecule has 8 heteroatoms. The number of thiophene rings is 1. The van der Waals surface area contributed by atoms with Gasteiger partial charge in [-0.05, 0) is 31.2 Å². The summed E-state index contributed by atoms with van der Waals surface area (Å²) in [5.41, 5.74) is 1.37. The van der Waals surface area contributed by atoms with Gasteiger partial charge in [-0.15, -0.1) is 11.3 Å². The lowest BCUT2D eigenvalue weighted by Gasteiger charge is -2.40. The topological polar surface area (TPSA) is 98.0 Å². The third-order valence-electron chi connectivity index (χ3n) is 6.94. The average molecular weight is 473 g/mol. The minimum absolute atomic E-state index is 0.0555. The van der Waals surface area contributed by atoms with Gasteiger partial charge in [-0.25, -0.2) is 0 Å². The second-order valence-corrected chi connectivity index (χ2v) is 10.3. The van der Waals surface area contributed by atoms with E-state index in [9.17, 15) is 9.59 Å². The molecule has 2 heterocycles. The van der Waals surface area contributed by atoms with Crippen LogP contribution in [0.25, 0.3) is 0 Å². The highest BCUT2D eigenvalue weighted by Gasteiger charge is 2.46. The summed E-state index contributed by atoms with van der Waals surface area (Å²) in [6.45, 7) is 7.03. The number of rotatable bonds is 9. The van der Waals surface area contributed by atoms with Crippen molar-refractivity contribution in [2.24, 2.45) is 5.92 Å². The van der Waals surface area contributed by atoms with Gasteiger partial charge in [-0.1, -0.05) is 49.1 Å². The number of nitrogens with zero attached hydrogens (tertiary/aromatic N) is 1. The number of carbonyl (C=O) groups is 2. The predicted octanol–water partition coefficient (Wildman–Crippen LogP) is 3.72. The molecule has 2 aliphatic rings. The molecule has 33 heavy (non-hydrogen) atoms. The monoisotopic (exact) mass is 472 g/mol. The Bertz CT molecular complexity index is 960. The zero-order valence-corrected chi connectivity index (χ0v) is 20.1. The van der Waals surface area contributed by atoms with E-state index in [1.165, 1.54) is 12.8 Å². The molecule has 2 aromatic heterocycles. The summed E-state index contributed by atoms with van der Waals surface area (Å²) in [6, 6.07) is 5.81. The molecule has 0 bridgehead atoms. The molecule has 2 saturated carbocycles. The van der Waals surface area contributed by atoms with Gasteiger partial charge in [-0.3, -0.25) is 14.9 Å². The van der Waals surface area contributed by atoms with Crippen LogP contribution < -0.4 is 10.6 Å². The van der Waals surface area contributed by atoms with Gasteiger partial charge >= 0.3 is 5.97 Å². The summed E-state index contributed by atoms with van der Waals surface area (Å²) in [5, 5.41) is 10.5. The van der Waals surface area contributed by atoms with E-state index in [0.717, 1.165) is 61.2 Å². The summed E-state index contributed by atoms with van der Waals surface area (Å²) in [4.78, 5) is 26.7. The van der Waals surface area contributed by atoms with Crippen molar-refractivity contribution in [1.29, 1.82) is 0 Å². The second-order valence-electron chi connectivity index (χ2n) is 9.34. The van der Waals surface area contributed by atoms with Crippen molar-refractivity contribution in [1.82, 2.24) is 5.16 Å². The number of aryl methyl sites for hydroxylation is 1. The Kier molecular flexibility index (Phi) is 7.65. The third-order valence-corrected chi connectivity index (χ3v) is 8.01. The highest BCUT2D eigenvalue weighted by Crippen LogP contribution is 2.44. The number of aromatic nitrogens is 1. The van der Waals surface area contributed by atoms with Crippen molar-refractivity contribution in [3.05, 3.63) is 46.3 Å². The van der Waals surface area contributed by atoms with Crippen molar-refractivity contribution >= 4 is 29.1 Å². The highest BCUT2D eigenvalue weighted by molar-refractivity contribution is 7.10. The Labute approximate surface area is 198 Å². The number of esters is 1. The summed E-state index contributed by atoms with van der Waals surface area (Å²) in [7, 11) is 0. The van der Waals surface area contributed by atoms with Crippen molar-refractivity contribution < 1.29 is 24.2 Å². The normalized spacial score (nSPS) is 22.3. The highest BCUT2D eigenvalue weighted by atomic mass is 32.1. The van der Waals surface area contributed by atoms with Gasteiger partial charge in [-0.2, -0.15) is 0 Å². The van der Waals surface area contributed by atoms with E-state index in [1.807, 2.05) is 11.4 Å². The van der Waals surface area contributed by atoms with Crippen LogP contribution in [-0.4, -0.2) is 36.2 Å². The molecule has 0 spiro atoms. The fourth-order valence-electron chi connectivity index (χ4n) is 4.99. The zero-order chi connectivity index (χ0) is 23.3. The van der Waals surface area contributed by atoms with Crippen molar-refractivity contribution in [3.63, 3.8) is 0 Å². The Balaban J connectivity index is 1.27. The van der Waals surface area contributed by atoms with Crippen LogP contribution in [0, 0.1) is 12.8 Å². The summed E-state index contributed by atoms with van der Waals surface area (Å²) >= 11 is 1.67.